The number of nitrogen functional groups attached to an aromatic ring is 1. The highest BCUT2D eigenvalue weighted by molar-refractivity contribution is 6.35. The standard InChI is InChI=1S/C12H9Cl2FN4O/c13-8-3-7(4-9(14)11(8)15)18-12(20)10-5-6(19-16)1-2-17-10/h1-5H,16H2,(H,17,19)(H,18,20). The van der Waals surface area contributed by atoms with Gasteiger partial charge in [-0.2, -0.15) is 0 Å². The van der Waals surface area contributed by atoms with Gasteiger partial charge in [0.05, 0.1) is 15.7 Å². The smallest absolute Gasteiger partial charge is 0.274 e. The van der Waals surface area contributed by atoms with E-state index >= 15 is 0 Å². The summed E-state index contributed by atoms with van der Waals surface area (Å²) >= 11 is 11.3. The number of carbonyl (C=O) groups excluding carboxylic acids is 1. The highest BCUT2D eigenvalue weighted by Crippen LogP contribution is 2.27. The molecule has 0 unspecified atom stereocenters. The molecule has 104 valence electrons. The van der Waals surface area contributed by atoms with Gasteiger partial charge in [0.15, 0.2) is 5.82 Å². The summed E-state index contributed by atoms with van der Waals surface area (Å²) in [5.41, 5.74) is 3.33. The minimum atomic E-state index is -0.737. The molecule has 5 nitrogen and oxygen atoms in total. The normalized spacial score (nSPS) is 10.2. The average Bonchev–Trinajstić information content (AvgIpc) is 2.44. The average molecular weight is 315 g/mol. The Labute approximate surface area is 123 Å². The zero-order chi connectivity index (χ0) is 14.7. The largest absolute Gasteiger partial charge is 0.324 e. The van der Waals surface area contributed by atoms with E-state index in [0.717, 1.165) is 0 Å². The van der Waals surface area contributed by atoms with Crippen LogP contribution in [-0.2, 0) is 0 Å². The van der Waals surface area contributed by atoms with Gasteiger partial charge in [-0.3, -0.25) is 15.6 Å². The quantitative estimate of drug-likeness (QED) is 0.462. The highest BCUT2D eigenvalue weighted by Gasteiger charge is 2.12. The van der Waals surface area contributed by atoms with E-state index in [1.54, 1.807) is 6.07 Å². The number of hydrogen-bond acceptors (Lipinski definition) is 4. The lowest BCUT2D eigenvalue weighted by Gasteiger charge is -2.07. The van der Waals surface area contributed by atoms with Gasteiger partial charge in [0.2, 0.25) is 0 Å². The number of anilines is 2. The molecule has 0 radical (unpaired) electrons. The number of hydrogen-bond donors (Lipinski definition) is 3. The fourth-order valence-electron chi connectivity index (χ4n) is 1.47. The zero-order valence-corrected chi connectivity index (χ0v) is 11.5. The second-order valence-corrected chi connectivity index (χ2v) is 4.60. The number of nitrogens with two attached hydrogens (primary N) is 1. The summed E-state index contributed by atoms with van der Waals surface area (Å²) in [6.07, 6.45) is 1.43. The predicted octanol–water partition coefficient (Wildman–Crippen LogP) is 3.07. The lowest BCUT2D eigenvalue weighted by molar-refractivity contribution is 0.102. The predicted molar refractivity (Wildman–Crippen MR) is 76.4 cm³/mol. The third-order valence-corrected chi connectivity index (χ3v) is 2.95. The SMILES string of the molecule is NNc1ccnc(C(=O)Nc2cc(Cl)c(F)c(Cl)c2)c1. The minimum Gasteiger partial charge on any atom is -0.324 e. The Morgan fingerprint density at radius 2 is 1.85 bits per heavy atom. The molecule has 1 heterocycles. The van der Waals surface area contributed by atoms with Crippen LogP contribution < -0.4 is 16.6 Å². The second-order valence-electron chi connectivity index (χ2n) is 3.78. The number of nitrogens with one attached hydrogen (secondary N) is 2. The maximum Gasteiger partial charge on any atom is 0.274 e. The van der Waals surface area contributed by atoms with Crippen LogP contribution in [-0.4, -0.2) is 10.9 Å². The molecule has 0 bridgehead atoms. The van der Waals surface area contributed by atoms with Crippen LogP contribution in [0.5, 0.6) is 0 Å². The van der Waals surface area contributed by atoms with Crippen LogP contribution in [0.4, 0.5) is 15.8 Å². The molecular weight excluding hydrogens is 306 g/mol. The molecule has 0 spiro atoms. The molecule has 0 atom stereocenters. The van der Waals surface area contributed by atoms with Crippen LogP contribution in [0.1, 0.15) is 10.5 Å². The van der Waals surface area contributed by atoms with Gasteiger partial charge in [0.1, 0.15) is 5.69 Å². The molecular formula is C12H9Cl2FN4O. The van der Waals surface area contributed by atoms with Crippen molar-refractivity contribution in [3.8, 4) is 0 Å². The molecule has 1 aromatic heterocycles. The van der Waals surface area contributed by atoms with Gasteiger partial charge in [-0.25, -0.2) is 4.39 Å². The Morgan fingerprint density at radius 3 is 2.45 bits per heavy atom. The number of pyridine rings is 1. The van der Waals surface area contributed by atoms with Gasteiger partial charge >= 0.3 is 0 Å². The maximum absolute atomic E-state index is 13.3. The van der Waals surface area contributed by atoms with E-state index in [2.05, 4.69) is 15.7 Å². The summed E-state index contributed by atoms with van der Waals surface area (Å²) in [6, 6.07) is 5.57. The van der Waals surface area contributed by atoms with Gasteiger partial charge in [-0.05, 0) is 24.3 Å². The van der Waals surface area contributed by atoms with Crippen LogP contribution in [0.2, 0.25) is 10.0 Å². The van der Waals surface area contributed by atoms with Gasteiger partial charge in [-0.15, -0.1) is 0 Å². The first-order chi connectivity index (χ1) is 9.51. The molecule has 4 N–H and O–H groups in total. The number of halogens is 3. The first-order valence-electron chi connectivity index (χ1n) is 5.40. The van der Waals surface area contributed by atoms with E-state index < -0.39 is 11.7 Å². The van der Waals surface area contributed by atoms with Crippen molar-refractivity contribution in [2.45, 2.75) is 0 Å². The Morgan fingerprint density at radius 1 is 1.20 bits per heavy atom. The van der Waals surface area contributed by atoms with E-state index in [1.807, 2.05) is 0 Å². The molecule has 2 rings (SSSR count). The van der Waals surface area contributed by atoms with Crippen molar-refractivity contribution in [3.05, 3.63) is 52.0 Å². The number of benzene rings is 1. The monoisotopic (exact) mass is 314 g/mol. The highest BCUT2D eigenvalue weighted by atomic mass is 35.5. The van der Waals surface area contributed by atoms with Gasteiger partial charge in [-0.1, -0.05) is 23.2 Å². The van der Waals surface area contributed by atoms with E-state index in [-0.39, 0.29) is 21.4 Å². The summed E-state index contributed by atoms with van der Waals surface area (Å²) in [5.74, 6) is 4.01. The van der Waals surface area contributed by atoms with Crippen molar-refractivity contribution in [1.82, 2.24) is 4.98 Å². The third-order valence-electron chi connectivity index (χ3n) is 2.40. The van der Waals surface area contributed by atoms with Crippen LogP contribution >= 0.6 is 23.2 Å². The molecule has 8 heteroatoms. The van der Waals surface area contributed by atoms with Crippen molar-refractivity contribution in [3.63, 3.8) is 0 Å². The first kappa shape index (κ1) is 14.5. The van der Waals surface area contributed by atoms with Gasteiger partial charge in [0, 0.05) is 11.9 Å². The lowest BCUT2D eigenvalue weighted by Crippen LogP contribution is -2.15. The van der Waals surface area contributed by atoms with Crippen molar-refractivity contribution in [2.24, 2.45) is 5.84 Å². The van der Waals surface area contributed by atoms with E-state index in [9.17, 15) is 9.18 Å². The maximum atomic E-state index is 13.3. The number of nitrogens with zero attached hydrogens (tertiary/aromatic N) is 1. The van der Waals surface area contributed by atoms with Crippen molar-refractivity contribution in [1.29, 1.82) is 0 Å². The summed E-state index contributed by atoms with van der Waals surface area (Å²) in [6.45, 7) is 0. The third kappa shape index (κ3) is 3.16. The molecule has 1 amide bonds. The zero-order valence-electron chi connectivity index (χ0n) is 9.95. The fraction of sp³-hybridized carbons (Fsp3) is 0. The van der Waals surface area contributed by atoms with Crippen molar-refractivity contribution in [2.75, 3.05) is 10.7 Å². The van der Waals surface area contributed by atoms with Crippen molar-refractivity contribution >= 4 is 40.5 Å². The molecule has 0 saturated carbocycles. The molecule has 20 heavy (non-hydrogen) atoms. The molecule has 2 aromatic rings. The number of aromatic nitrogens is 1. The molecule has 0 aliphatic rings. The van der Waals surface area contributed by atoms with Crippen LogP contribution in [0, 0.1) is 5.82 Å². The Bertz CT molecular complexity index is 643. The Hall–Kier alpha value is -1.89. The summed E-state index contributed by atoms with van der Waals surface area (Å²) in [5, 5.41) is 2.15. The van der Waals surface area contributed by atoms with E-state index in [0.29, 0.717) is 5.69 Å². The van der Waals surface area contributed by atoms with Gasteiger partial charge in [0.25, 0.3) is 5.91 Å². The molecule has 1 aromatic carbocycles. The van der Waals surface area contributed by atoms with Crippen LogP contribution in [0.3, 0.4) is 0 Å². The Kier molecular flexibility index (Phi) is 4.39. The molecule has 0 aliphatic heterocycles. The fourth-order valence-corrected chi connectivity index (χ4v) is 1.95. The number of hydrazine groups is 1. The summed E-state index contributed by atoms with van der Waals surface area (Å²) in [4.78, 5) is 15.9. The molecule has 0 aliphatic carbocycles. The van der Waals surface area contributed by atoms with E-state index in [1.165, 1.54) is 24.4 Å². The lowest BCUT2D eigenvalue weighted by atomic mass is 10.2. The van der Waals surface area contributed by atoms with Crippen LogP contribution in [0.15, 0.2) is 30.5 Å². The number of carbonyl (C=O) groups is 1. The number of amides is 1. The van der Waals surface area contributed by atoms with Gasteiger partial charge < -0.3 is 10.7 Å². The summed E-state index contributed by atoms with van der Waals surface area (Å²) < 4.78 is 13.3. The van der Waals surface area contributed by atoms with Crippen LogP contribution in [0.25, 0.3) is 0 Å². The second kappa shape index (κ2) is 6.04. The molecule has 0 fully saturated rings. The Balaban J connectivity index is 2.23. The topological polar surface area (TPSA) is 80.0 Å². The first-order valence-corrected chi connectivity index (χ1v) is 6.15. The number of rotatable bonds is 3. The summed E-state index contributed by atoms with van der Waals surface area (Å²) in [7, 11) is 0. The van der Waals surface area contributed by atoms with Crippen molar-refractivity contribution < 1.29 is 9.18 Å². The molecule has 0 saturated heterocycles. The minimum absolute atomic E-state index is 0.136. The van der Waals surface area contributed by atoms with E-state index in [4.69, 9.17) is 29.0 Å².